The molecule has 0 aromatic heterocycles. The maximum Gasteiger partial charge on any atom is 0.421 e. The molecule has 3 N–H and O–H groups in total. The van der Waals surface area contributed by atoms with Gasteiger partial charge in [-0.15, -0.1) is 0 Å². The minimum absolute atomic E-state index is 0.166. The van der Waals surface area contributed by atoms with Crippen LogP contribution in [0, 0.1) is 5.92 Å². The Morgan fingerprint density at radius 1 is 1.67 bits per heavy atom. The van der Waals surface area contributed by atoms with Crippen molar-refractivity contribution in [1.82, 2.24) is 9.03 Å². The van der Waals surface area contributed by atoms with Crippen LogP contribution in [0.2, 0.25) is 0 Å². The quantitative estimate of drug-likeness (QED) is 0.646. The van der Waals surface area contributed by atoms with Gasteiger partial charge in [0.15, 0.2) is 0 Å². The molecular weight excluding hydrogens is 222 g/mol. The van der Waals surface area contributed by atoms with Gasteiger partial charge in [-0.2, -0.15) is 12.7 Å². The van der Waals surface area contributed by atoms with E-state index in [9.17, 15) is 13.2 Å². The molecule has 1 aliphatic rings. The van der Waals surface area contributed by atoms with Crippen LogP contribution in [0.5, 0.6) is 0 Å². The van der Waals surface area contributed by atoms with Crippen molar-refractivity contribution in [1.29, 1.82) is 0 Å². The fourth-order valence-electron chi connectivity index (χ4n) is 1.42. The molecule has 1 rings (SSSR count). The summed E-state index contributed by atoms with van der Waals surface area (Å²) in [4.78, 5) is 10.8. The number of carbonyl (C=O) groups is 1. The molecule has 0 bridgehead atoms. The molecule has 0 radical (unpaired) electrons. The highest BCUT2D eigenvalue weighted by Gasteiger charge is 2.31. The molecule has 1 saturated heterocycles. The monoisotopic (exact) mass is 237 g/mol. The zero-order valence-electron chi connectivity index (χ0n) is 8.47. The maximum atomic E-state index is 11.5. The molecule has 1 atom stereocenters. The second kappa shape index (κ2) is 4.77. The van der Waals surface area contributed by atoms with Crippen LogP contribution in [-0.2, 0) is 14.9 Å². The van der Waals surface area contributed by atoms with Gasteiger partial charge in [0.25, 0.3) is 0 Å². The minimum Gasteiger partial charge on any atom is -0.452 e. The van der Waals surface area contributed by atoms with Crippen LogP contribution in [0.4, 0.5) is 4.79 Å². The number of nitrogens with one attached hydrogen (secondary N) is 1. The van der Waals surface area contributed by atoms with Crippen molar-refractivity contribution in [3.05, 3.63) is 0 Å². The Morgan fingerprint density at radius 2 is 2.33 bits per heavy atom. The van der Waals surface area contributed by atoms with Crippen molar-refractivity contribution in [3.8, 4) is 0 Å². The van der Waals surface area contributed by atoms with E-state index in [4.69, 9.17) is 5.73 Å². The van der Waals surface area contributed by atoms with E-state index < -0.39 is 16.3 Å². The molecule has 1 heterocycles. The van der Waals surface area contributed by atoms with Crippen LogP contribution in [0.15, 0.2) is 0 Å². The first-order chi connectivity index (χ1) is 6.99. The van der Waals surface area contributed by atoms with Gasteiger partial charge in [0, 0.05) is 13.1 Å². The van der Waals surface area contributed by atoms with Crippen molar-refractivity contribution in [3.63, 3.8) is 0 Å². The summed E-state index contributed by atoms with van der Waals surface area (Å²) in [7, 11) is -2.65. The normalized spacial score (nSPS) is 22.7. The molecular formula is C7H15N3O4S. The fourth-order valence-corrected chi connectivity index (χ4v) is 2.60. The number of rotatable bonds is 3. The molecule has 0 aliphatic carbocycles. The number of hydrogen-bond acceptors (Lipinski definition) is 5. The van der Waals surface area contributed by atoms with Gasteiger partial charge in [-0.25, -0.2) is 9.52 Å². The van der Waals surface area contributed by atoms with Gasteiger partial charge < -0.3 is 10.5 Å². The minimum atomic E-state index is -3.76. The number of amides is 1. The number of methoxy groups -OCH3 is 1. The summed E-state index contributed by atoms with van der Waals surface area (Å²) >= 11 is 0. The summed E-state index contributed by atoms with van der Waals surface area (Å²) in [5.74, 6) is 0.166. The maximum absolute atomic E-state index is 11.5. The third-order valence-electron chi connectivity index (χ3n) is 2.32. The molecule has 0 aromatic rings. The summed E-state index contributed by atoms with van der Waals surface area (Å²) in [6.07, 6.45) is -0.260. The molecule has 1 unspecified atom stereocenters. The second-order valence-electron chi connectivity index (χ2n) is 3.35. The van der Waals surface area contributed by atoms with Crippen LogP contribution >= 0.6 is 0 Å². The molecule has 8 heteroatoms. The van der Waals surface area contributed by atoms with Crippen molar-refractivity contribution in [2.75, 3.05) is 26.7 Å². The van der Waals surface area contributed by atoms with Crippen LogP contribution < -0.4 is 10.5 Å². The highest BCUT2D eigenvalue weighted by atomic mass is 32.2. The fraction of sp³-hybridized carbons (Fsp3) is 0.857. The second-order valence-corrected chi connectivity index (χ2v) is 5.02. The van der Waals surface area contributed by atoms with Gasteiger partial charge in [0.2, 0.25) is 0 Å². The van der Waals surface area contributed by atoms with E-state index in [1.54, 1.807) is 4.72 Å². The molecule has 1 amide bonds. The van der Waals surface area contributed by atoms with E-state index in [0.717, 1.165) is 13.5 Å². The highest BCUT2D eigenvalue weighted by molar-refractivity contribution is 7.87. The predicted molar refractivity (Wildman–Crippen MR) is 53.2 cm³/mol. The topological polar surface area (TPSA) is 102 Å². The summed E-state index contributed by atoms with van der Waals surface area (Å²) in [5.41, 5.74) is 5.43. The number of hydrogen-bond donors (Lipinski definition) is 2. The van der Waals surface area contributed by atoms with Crippen LogP contribution in [0.3, 0.4) is 0 Å². The van der Waals surface area contributed by atoms with E-state index in [1.807, 2.05) is 0 Å². The zero-order chi connectivity index (χ0) is 11.5. The molecule has 15 heavy (non-hydrogen) atoms. The van der Waals surface area contributed by atoms with Gasteiger partial charge in [-0.05, 0) is 18.9 Å². The van der Waals surface area contributed by atoms with E-state index >= 15 is 0 Å². The Balaban J connectivity index is 2.60. The number of ether oxygens (including phenoxy) is 1. The summed E-state index contributed by atoms with van der Waals surface area (Å²) in [5, 5.41) is 0. The Hall–Kier alpha value is -0.860. The third-order valence-corrected chi connectivity index (χ3v) is 3.76. The Morgan fingerprint density at radius 3 is 2.80 bits per heavy atom. The van der Waals surface area contributed by atoms with E-state index in [1.165, 1.54) is 4.31 Å². The average molecular weight is 237 g/mol. The molecule has 0 spiro atoms. The standard InChI is InChI=1S/C7H15N3O4S/c1-14-7(11)9-15(12,13)10-3-2-6(4-8)5-10/h6H,2-5,8H2,1H3,(H,9,11). The lowest BCUT2D eigenvalue weighted by Crippen LogP contribution is -2.42. The van der Waals surface area contributed by atoms with Gasteiger partial charge in [0.05, 0.1) is 7.11 Å². The van der Waals surface area contributed by atoms with Crippen LogP contribution in [-0.4, -0.2) is 45.6 Å². The number of carbonyl (C=O) groups excluding carboxylic acids is 1. The first-order valence-electron chi connectivity index (χ1n) is 4.55. The van der Waals surface area contributed by atoms with E-state index in [-0.39, 0.29) is 5.92 Å². The first kappa shape index (κ1) is 12.2. The summed E-state index contributed by atoms with van der Waals surface area (Å²) in [6.45, 7) is 1.18. The van der Waals surface area contributed by atoms with Crippen molar-refractivity contribution >= 4 is 16.3 Å². The van der Waals surface area contributed by atoms with Crippen LogP contribution in [0.25, 0.3) is 0 Å². The molecule has 88 valence electrons. The SMILES string of the molecule is COC(=O)NS(=O)(=O)N1CCC(CN)C1. The Kier molecular flexibility index (Phi) is 3.89. The lowest BCUT2D eigenvalue weighted by Gasteiger charge is -2.15. The van der Waals surface area contributed by atoms with Crippen molar-refractivity contribution < 1.29 is 17.9 Å². The number of nitrogens with zero attached hydrogens (tertiary/aromatic N) is 1. The molecule has 0 saturated carbocycles. The van der Waals surface area contributed by atoms with E-state index in [0.29, 0.717) is 19.6 Å². The lowest BCUT2D eigenvalue weighted by atomic mass is 10.1. The molecule has 1 fully saturated rings. The summed E-state index contributed by atoms with van der Waals surface area (Å²) < 4.78 is 30.3. The zero-order valence-corrected chi connectivity index (χ0v) is 9.29. The summed E-state index contributed by atoms with van der Waals surface area (Å²) in [6, 6.07) is 0. The van der Waals surface area contributed by atoms with Crippen molar-refractivity contribution in [2.24, 2.45) is 11.7 Å². The van der Waals surface area contributed by atoms with Gasteiger partial charge in [0.1, 0.15) is 0 Å². The van der Waals surface area contributed by atoms with Crippen LogP contribution in [0.1, 0.15) is 6.42 Å². The molecule has 1 aliphatic heterocycles. The van der Waals surface area contributed by atoms with Gasteiger partial charge >= 0.3 is 16.3 Å². The predicted octanol–water partition coefficient (Wildman–Crippen LogP) is -1.13. The smallest absolute Gasteiger partial charge is 0.421 e. The van der Waals surface area contributed by atoms with Gasteiger partial charge in [-0.1, -0.05) is 0 Å². The molecule has 0 aromatic carbocycles. The van der Waals surface area contributed by atoms with Crippen molar-refractivity contribution in [2.45, 2.75) is 6.42 Å². The Bertz CT molecular complexity index is 329. The van der Waals surface area contributed by atoms with Gasteiger partial charge in [-0.3, -0.25) is 0 Å². The highest BCUT2D eigenvalue weighted by Crippen LogP contribution is 2.17. The Labute approximate surface area is 88.7 Å². The van der Waals surface area contributed by atoms with E-state index in [2.05, 4.69) is 4.74 Å². The number of nitrogens with two attached hydrogens (primary N) is 1. The lowest BCUT2D eigenvalue weighted by molar-refractivity contribution is 0.177. The largest absolute Gasteiger partial charge is 0.452 e. The third kappa shape index (κ3) is 3.05. The molecule has 7 nitrogen and oxygen atoms in total. The first-order valence-corrected chi connectivity index (χ1v) is 5.99. The average Bonchev–Trinajstić information content (AvgIpc) is 2.65.